The minimum absolute atomic E-state index is 0.0286. The molecule has 9 heteroatoms. The lowest BCUT2D eigenvalue weighted by molar-refractivity contribution is -0.160. The summed E-state index contributed by atoms with van der Waals surface area (Å²) in [6.45, 7) is 4.02. The van der Waals surface area contributed by atoms with Crippen molar-refractivity contribution in [2.24, 2.45) is 5.92 Å². The number of amides is 1. The number of piperidine rings is 1. The molecule has 1 amide bonds. The van der Waals surface area contributed by atoms with Crippen LogP contribution >= 0.6 is 0 Å². The zero-order valence-corrected chi connectivity index (χ0v) is 19.9. The van der Waals surface area contributed by atoms with Gasteiger partial charge in [0.15, 0.2) is 0 Å². The van der Waals surface area contributed by atoms with Gasteiger partial charge in [-0.2, -0.15) is 0 Å². The zero-order chi connectivity index (χ0) is 24.0. The van der Waals surface area contributed by atoms with Crippen molar-refractivity contribution < 1.29 is 27.5 Å². The number of benzene rings is 2. The second-order valence-corrected chi connectivity index (χ2v) is 10.3. The molecule has 2 aromatic carbocycles. The van der Waals surface area contributed by atoms with E-state index in [4.69, 9.17) is 9.47 Å². The van der Waals surface area contributed by atoms with Gasteiger partial charge in [0.2, 0.25) is 16.1 Å². The quantitative estimate of drug-likeness (QED) is 0.589. The third-order valence-corrected chi connectivity index (χ3v) is 7.61. The van der Waals surface area contributed by atoms with Crippen LogP contribution in [0.2, 0.25) is 0 Å². The molecule has 0 bridgehead atoms. The lowest BCUT2D eigenvalue weighted by atomic mass is 9.98. The molecule has 1 aliphatic rings. The van der Waals surface area contributed by atoms with E-state index in [-0.39, 0.29) is 18.8 Å². The fraction of sp³-hybridized carbons (Fsp3) is 0.417. The molecule has 178 valence electrons. The van der Waals surface area contributed by atoms with E-state index in [1.54, 1.807) is 43.3 Å². The van der Waals surface area contributed by atoms with Crippen LogP contribution in [-0.4, -0.2) is 50.6 Å². The molecule has 0 radical (unpaired) electrons. The van der Waals surface area contributed by atoms with Crippen LogP contribution in [0, 0.1) is 12.8 Å². The highest BCUT2D eigenvalue weighted by Gasteiger charge is 2.34. The maximum atomic E-state index is 13.2. The Balaban J connectivity index is 1.75. The van der Waals surface area contributed by atoms with Gasteiger partial charge >= 0.3 is 5.97 Å². The van der Waals surface area contributed by atoms with E-state index in [0.29, 0.717) is 29.8 Å². The van der Waals surface area contributed by atoms with Gasteiger partial charge in [0, 0.05) is 18.7 Å². The second-order valence-electron chi connectivity index (χ2n) is 7.99. The minimum atomic E-state index is -3.29. The van der Waals surface area contributed by atoms with Crippen molar-refractivity contribution in [1.82, 2.24) is 4.31 Å². The summed E-state index contributed by atoms with van der Waals surface area (Å²) in [6.07, 6.45) is -0.443. The van der Waals surface area contributed by atoms with Crippen molar-refractivity contribution in [3.8, 4) is 5.75 Å². The number of carbonyl (C=O) groups is 2. The maximum Gasteiger partial charge on any atom is 0.310 e. The molecule has 1 fully saturated rings. The summed E-state index contributed by atoms with van der Waals surface area (Å²) < 4.78 is 36.6. The van der Waals surface area contributed by atoms with Crippen LogP contribution in [0.5, 0.6) is 5.75 Å². The van der Waals surface area contributed by atoms with E-state index in [0.717, 1.165) is 5.56 Å². The molecular formula is C24H30N2O6S. The molecule has 8 nitrogen and oxygen atoms in total. The Morgan fingerprint density at radius 2 is 1.79 bits per heavy atom. The predicted octanol–water partition coefficient (Wildman–Crippen LogP) is 3.29. The van der Waals surface area contributed by atoms with E-state index in [2.05, 4.69) is 5.32 Å². The summed E-state index contributed by atoms with van der Waals surface area (Å²) in [7, 11) is -1.78. The van der Waals surface area contributed by atoms with Gasteiger partial charge in [-0.15, -0.1) is 0 Å². The van der Waals surface area contributed by atoms with E-state index in [1.165, 1.54) is 11.4 Å². The molecular weight excluding hydrogens is 444 g/mol. The molecule has 0 aromatic heterocycles. The Kier molecular flexibility index (Phi) is 8.10. The molecule has 1 N–H and O–H groups in total. The van der Waals surface area contributed by atoms with Crippen LogP contribution < -0.4 is 10.1 Å². The summed E-state index contributed by atoms with van der Waals surface area (Å²) in [4.78, 5) is 26.1. The van der Waals surface area contributed by atoms with Gasteiger partial charge < -0.3 is 14.8 Å². The minimum Gasteiger partial charge on any atom is -0.495 e. The van der Waals surface area contributed by atoms with Gasteiger partial charge in [-0.1, -0.05) is 36.4 Å². The Hall–Kier alpha value is -2.91. The average molecular weight is 475 g/mol. The molecule has 3 rings (SSSR count). The lowest BCUT2D eigenvalue weighted by Gasteiger charge is -2.30. The number of nitrogens with one attached hydrogen (secondary N) is 1. The van der Waals surface area contributed by atoms with Gasteiger partial charge in [0.05, 0.1) is 24.5 Å². The van der Waals surface area contributed by atoms with Crippen LogP contribution in [0.1, 0.15) is 37.0 Å². The van der Waals surface area contributed by atoms with Crippen molar-refractivity contribution in [1.29, 1.82) is 0 Å². The van der Waals surface area contributed by atoms with E-state index in [9.17, 15) is 18.0 Å². The number of sulfonamides is 1. The first-order valence-corrected chi connectivity index (χ1v) is 12.5. The number of rotatable bonds is 8. The lowest BCUT2D eigenvalue weighted by Crippen LogP contribution is -2.41. The first-order chi connectivity index (χ1) is 15.7. The normalized spacial score (nSPS) is 16.1. The van der Waals surface area contributed by atoms with Gasteiger partial charge in [-0.05, 0) is 44.4 Å². The van der Waals surface area contributed by atoms with E-state index in [1.807, 2.05) is 19.1 Å². The largest absolute Gasteiger partial charge is 0.495 e. The van der Waals surface area contributed by atoms with Crippen molar-refractivity contribution >= 4 is 27.6 Å². The summed E-state index contributed by atoms with van der Waals surface area (Å²) in [5.41, 5.74) is 1.96. The van der Waals surface area contributed by atoms with Crippen LogP contribution in [-0.2, 0) is 24.3 Å². The highest BCUT2D eigenvalue weighted by atomic mass is 32.2. The van der Waals surface area contributed by atoms with Crippen LogP contribution in [0.3, 0.4) is 0 Å². The molecule has 0 unspecified atom stereocenters. The van der Waals surface area contributed by atoms with Crippen molar-refractivity contribution in [2.75, 3.05) is 31.3 Å². The van der Waals surface area contributed by atoms with Crippen molar-refractivity contribution in [2.45, 2.75) is 32.8 Å². The van der Waals surface area contributed by atoms with Crippen LogP contribution in [0.4, 0.5) is 5.69 Å². The molecule has 0 saturated carbocycles. The highest BCUT2D eigenvalue weighted by Crippen LogP contribution is 2.29. The summed E-state index contributed by atoms with van der Waals surface area (Å²) >= 11 is 0. The van der Waals surface area contributed by atoms with Crippen molar-refractivity contribution in [3.05, 3.63) is 59.7 Å². The number of hydrogen-bond donors (Lipinski definition) is 1. The van der Waals surface area contributed by atoms with Crippen LogP contribution in [0.15, 0.2) is 48.5 Å². The molecule has 1 saturated heterocycles. The molecule has 33 heavy (non-hydrogen) atoms. The van der Waals surface area contributed by atoms with Gasteiger partial charge in [-0.25, -0.2) is 12.7 Å². The smallest absolute Gasteiger partial charge is 0.310 e. The number of methoxy groups -OCH3 is 1. The third-order valence-electron chi connectivity index (χ3n) is 5.73. The maximum absolute atomic E-state index is 13.2. The third kappa shape index (κ3) is 6.11. The van der Waals surface area contributed by atoms with Gasteiger partial charge in [0.1, 0.15) is 5.75 Å². The first-order valence-electron chi connectivity index (χ1n) is 10.9. The van der Waals surface area contributed by atoms with Crippen LogP contribution in [0.25, 0.3) is 0 Å². The average Bonchev–Trinajstić information content (AvgIpc) is 2.83. The number of aryl methyl sites for hydroxylation is 1. The summed E-state index contributed by atoms with van der Waals surface area (Å²) in [5, 5.41) is 2.82. The molecule has 0 spiro atoms. The second kappa shape index (κ2) is 10.8. The fourth-order valence-electron chi connectivity index (χ4n) is 3.78. The standard InChI is InChI=1S/C24H30N2O6S/c1-4-33(29,30)26-14-12-19(13-15-26)24(28)32-22(18-8-6-5-7-9-18)23(27)25-20-16-17(2)10-11-21(20)31-3/h5-11,16,19,22H,4,12-15H2,1-3H3,(H,25,27)/t22-/m0/s1. The monoisotopic (exact) mass is 474 g/mol. The molecule has 2 aromatic rings. The summed E-state index contributed by atoms with van der Waals surface area (Å²) in [5.74, 6) is -0.952. The zero-order valence-electron chi connectivity index (χ0n) is 19.1. The molecule has 1 aliphatic heterocycles. The Bertz CT molecular complexity index is 1080. The Morgan fingerprint density at radius 3 is 2.39 bits per heavy atom. The topological polar surface area (TPSA) is 102 Å². The predicted molar refractivity (Wildman–Crippen MR) is 125 cm³/mol. The Morgan fingerprint density at radius 1 is 1.12 bits per heavy atom. The fourth-order valence-corrected chi connectivity index (χ4v) is 4.92. The number of hydrogen-bond acceptors (Lipinski definition) is 6. The molecule has 0 aliphatic carbocycles. The van der Waals surface area contributed by atoms with E-state index < -0.39 is 33.9 Å². The molecule has 1 heterocycles. The number of anilines is 1. The SMILES string of the molecule is CCS(=O)(=O)N1CCC(C(=O)O[C@H](C(=O)Nc2cc(C)ccc2OC)c2ccccc2)CC1. The number of esters is 1. The number of ether oxygens (including phenoxy) is 2. The first kappa shape index (κ1) is 24.7. The molecule has 1 atom stereocenters. The number of nitrogens with zero attached hydrogens (tertiary/aromatic N) is 1. The van der Waals surface area contributed by atoms with E-state index >= 15 is 0 Å². The van der Waals surface area contributed by atoms with Gasteiger partial charge in [-0.3, -0.25) is 9.59 Å². The Labute approximate surface area is 194 Å². The summed E-state index contributed by atoms with van der Waals surface area (Å²) in [6, 6.07) is 14.2. The number of carbonyl (C=O) groups excluding carboxylic acids is 2. The van der Waals surface area contributed by atoms with Crippen molar-refractivity contribution in [3.63, 3.8) is 0 Å². The van der Waals surface area contributed by atoms with Gasteiger partial charge in [0.25, 0.3) is 5.91 Å². The highest BCUT2D eigenvalue weighted by molar-refractivity contribution is 7.89.